The molecule has 0 atom stereocenters. The summed E-state index contributed by atoms with van der Waals surface area (Å²) in [5, 5.41) is 3.95. The number of hydrogen-bond acceptors (Lipinski definition) is 4. The zero-order valence-corrected chi connectivity index (χ0v) is 19.0. The van der Waals surface area contributed by atoms with Crippen molar-refractivity contribution in [3.8, 4) is 5.69 Å². The number of likely N-dealkylation sites (tertiary alicyclic amines) is 1. The van der Waals surface area contributed by atoms with E-state index >= 15 is 0 Å². The van der Waals surface area contributed by atoms with E-state index in [0.717, 1.165) is 29.8 Å². The Bertz CT molecular complexity index is 1110. The van der Waals surface area contributed by atoms with Gasteiger partial charge in [-0.05, 0) is 48.9 Å². The van der Waals surface area contributed by atoms with Crippen LogP contribution in [0.3, 0.4) is 0 Å². The maximum Gasteiger partial charge on any atom is 0.416 e. The van der Waals surface area contributed by atoms with Crippen molar-refractivity contribution in [1.29, 1.82) is 0 Å². The van der Waals surface area contributed by atoms with Crippen molar-refractivity contribution in [2.75, 3.05) is 19.3 Å². The van der Waals surface area contributed by atoms with Gasteiger partial charge in [-0.3, -0.25) is 14.3 Å². The summed E-state index contributed by atoms with van der Waals surface area (Å²) in [6, 6.07) is 12.9. The van der Waals surface area contributed by atoms with E-state index in [1.807, 2.05) is 35.2 Å². The number of amides is 1. The lowest BCUT2D eigenvalue weighted by atomic mass is 10.0. The third-order valence-corrected chi connectivity index (χ3v) is 6.43. The highest BCUT2D eigenvalue weighted by atomic mass is 32.2. The highest BCUT2D eigenvalue weighted by Gasteiger charge is 2.30. The molecule has 2 heterocycles. The molecule has 0 aliphatic carbocycles. The number of imidazole rings is 1. The zero-order valence-electron chi connectivity index (χ0n) is 18.2. The van der Waals surface area contributed by atoms with Crippen LogP contribution in [0, 0.1) is 0 Å². The first-order valence-electron chi connectivity index (χ1n) is 10.7. The first-order valence-corrected chi connectivity index (χ1v) is 11.9. The molecule has 2 aromatic carbocycles. The van der Waals surface area contributed by atoms with Crippen molar-refractivity contribution in [2.24, 2.45) is 0 Å². The summed E-state index contributed by atoms with van der Waals surface area (Å²) in [5.41, 5.74) is 1.48. The summed E-state index contributed by atoms with van der Waals surface area (Å²) < 4.78 is 40.8. The van der Waals surface area contributed by atoms with Gasteiger partial charge in [-0.1, -0.05) is 36.0 Å². The molecule has 0 unspecified atom stereocenters. The van der Waals surface area contributed by atoms with Crippen molar-refractivity contribution in [2.45, 2.75) is 36.8 Å². The number of nitrogens with one attached hydrogen (secondary N) is 1. The molecule has 1 amide bonds. The first-order chi connectivity index (χ1) is 15.8. The van der Waals surface area contributed by atoms with Crippen LogP contribution in [0.4, 0.5) is 13.2 Å². The second kappa shape index (κ2) is 10.0. The third-order valence-electron chi connectivity index (χ3n) is 5.76. The van der Waals surface area contributed by atoms with E-state index in [1.54, 1.807) is 18.3 Å². The molecule has 33 heavy (non-hydrogen) atoms. The lowest BCUT2D eigenvalue weighted by Crippen LogP contribution is -2.44. The van der Waals surface area contributed by atoms with E-state index in [2.05, 4.69) is 15.2 Å². The lowest BCUT2D eigenvalue weighted by Gasteiger charge is -2.32. The molecule has 4 rings (SSSR count). The number of nitrogens with zero attached hydrogens (tertiary/aromatic N) is 3. The van der Waals surface area contributed by atoms with E-state index in [9.17, 15) is 18.0 Å². The number of carbonyl (C=O) groups excluding carboxylic acids is 1. The SMILES string of the molecule is CSc1nccn1-c1cccc(C(=O)NC2CCN(Cc3cccc(C(F)(F)F)c3)CC2)c1. The fraction of sp³-hybridized carbons (Fsp3) is 0.333. The molecule has 5 nitrogen and oxygen atoms in total. The number of halogens is 3. The van der Waals surface area contributed by atoms with E-state index in [-0.39, 0.29) is 11.9 Å². The summed E-state index contributed by atoms with van der Waals surface area (Å²) in [7, 11) is 0. The van der Waals surface area contributed by atoms with Gasteiger partial charge in [0.2, 0.25) is 0 Å². The molecule has 1 aliphatic rings. The molecule has 1 aromatic heterocycles. The third kappa shape index (κ3) is 5.78. The predicted molar refractivity (Wildman–Crippen MR) is 123 cm³/mol. The van der Waals surface area contributed by atoms with Crippen LogP contribution in [-0.4, -0.2) is 45.7 Å². The Hall–Kier alpha value is -2.78. The van der Waals surface area contributed by atoms with Gasteiger partial charge in [0.15, 0.2) is 5.16 Å². The highest BCUT2D eigenvalue weighted by Crippen LogP contribution is 2.30. The molecule has 0 saturated carbocycles. The molecular formula is C24H25F3N4OS. The fourth-order valence-corrected chi connectivity index (χ4v) is 4.57. The minimum atomic E-state index is -4.33. The van der Waals surface area contributed by atoms with Crippen LogP contribution in [0.15, 0.2) is 66.1 Å². The number of piperidine rings is 1. The summed E-state index contributed by atoms with van der Waals surface area (Å²) in [6.07, 6.45) is 2.72. The largest absolute Gasteiger partial charge is 0.416 e. The Balaban J connectivity index is 1.32. The summed E-state index contributed by atoms with van der Waals surface area (Å²) in [6.45, 7) is 1.90. The van der Waals surface area contributed by atoms with Crippen LogP contribution >= 0.6 is 11.8 Å². The van der Waals surface area contributed by atoms with Gasteiger partial charge in [-0.15, -0.1) is 0 Å². The highest BCUT2D eigenvalue weighted by molar-refractivity contribution is 7.98. The van der Waals surface area contributed by atoms with E-state index < -0.39 is 11.7 Å². The van der Waals surface area contributed by atoms with E-state index in [4.69, 9.17) is 0 Å². The van der Waals surface area contributed by atoms with Gasteiger partial charge in [0.05, 0.1) is 5.56 Å². The van der Waals surface area contributed by atoms with Gasteiger partial charge < -0.3 is 5.32 Å². The number of thioether (sulfide) groups is 1. The normalized spacial score (nSPS) is 15.5. The lowest BCUT2D eigenvalue weighted by molar-refractivity contribution is -0.137. The van der Waals surface area contributed by atoms with Crippen molar-refractivity contribution in [3.05, 3.63) is 77.6 Å². The Morgan fingerprint density at radius 1 is 1.15 bits per heavy atom. The number of carbonyl (C=O) groups is 1. The maximum absolute atomic E-state index is 12.9. The van der Waals surface area contributed by atoms with Gasteiger partial charge in [-0.25, -0.2) is 4.98 Å². The van der Waals surface area contributed by atoms with Crippen molar-refractivity contribution >= 4 is 17.7 Å². The molecular weight excluding hydrogens is 449 g/mol. The van der Waals surface area contributed by atoms with Gasteiger partial charge in [0, 0.05) is 49.3 Å². The molecule has 1 N–H and O–H groups in total. The topological polar surface area (TPSA) is 50.2 Å². The molecule has 1 aliphatic heterocycles. The Morgan fingerprint density at radius 3 is 2.64 bits per heavy atom. The van der Waals surface area contributed by atoms with Gasteiger partial charge in [0.1, 0.15) is 0 Å². The van der Waals surface area contributed by atoms with Crippen LogP contribution in [0.5, 0.6) is 0 Å². The molecule has 1 saturated heterocycles. The minimum Gasteiger partial charge on any atom is -0.349 e. The summed E-state index contributed by atoms with van der Waals surface area (Å²) in [5.74, 6) is -0.126. The predicted octanol–water partition coefficient (Wildman–Crippen LogP) is 5.01. The molecule has 0 spiro atoms. The number of aromatic nitrogens is 2. The summed E-state index contributed by atoms with van der Waals surface area (Å²) in [4.78, 5) is 19.3. The van der Waals surface area contributed by atoms with Crippen molar-refractivity contribution in [1.82, 2.24) is 19.8 Å². The zero-order chi connectivity index (χ0) is 23.4. The van der Waals surface area contributed by atoms with Crippen LogP contribution in [0.1, 0.15) is 34.3 Å². The van der Waals surface area contributed by atoms with Crippen LogP contribution in [0.25, 0.3) is 5.69 Å². The Morgan fingerprint density at radius 2 is 1.91 bits per heavy atom. The van der Waals surface area contributed by atoms with Crippen LogP contribution in [-0.2, 0) is 12.7 Å². The minimum absolute atomic E-state index is 0.0360. The van der Waals surface area contributed by atoms with Crippen LogP contribution < -0.4 is 5.32 Å². The second-order valence-electron chi connectivity index (χ2n) is 8.06. The fourth-order valence-electron chi connectivity index (χ4n) is 4.04. The van der Waals surface area contributed by atoms with Crippen molar-refractivity contribution < 1.29 is 18.0 Å². The van der Waals surface area contributed by atoms with E-state index in [1.165, 1.54) is 23.9 Å². The summed E-state index contributed by atoms with van der Waals surface area (Å²) >= 11 is 1.53. The first kappa shape index (κ1) is 23.4. The second-order valence-corrected chi connectivity index (χ2v) is 8.83. The smallest absolute Gasteiger partial charge is 0.349 e. The molecule has 9 heteroatoms. The van der Waals surface area contributed by atoms with Gasteiger partial charge in [0.25, 0.3) is 5.91 Å². The van der Waals surface area contributed by atoms with Crippen molar-refractivity contribution in [3.63, 3.8) is 0 Å². The number of alkyl halides is 3. The number of benzene rings is 2. The maximum atomic E-state index is 12.9. The molecule has 1 fully saturated rings. The quantitative estimate of drug-likeness (QED) is 0.511. The average Bonchev–Trinajstić information content (AvgIpc) is 3.29. The van der Waals surface area contributed by atoms with E-state index in [0.29, 0.717) is 30.8 Å². The molecule has 174 valence electrons. The van der Waals surface area contributed by atoms with Crippen LogP contribution in [0.2, 0.25) is 0 Å². The van der Waals surface area contributed by atoms with Gasteiger partial charge >= 0.3 is 6.18 Å². The van der Waals surface area contributed by atoms with Gasteiger partial charge in [-0.2, -0.15) is 13.2 Å². The molecule has 3 aromatic rings. The Labute approximate surface area is 195 Å². The number of rotatable bonds is 6. The standard InChI is InChI=1S/C24H25F3N4OS/c1-33-23-28-10-13-31(23)21-7-3-5-18(15-21)22(32)29-20-8-11-30(12-9-20)16-17-4-2-6-19(14-17)24(25,26)27/h2-7,10,13-15,20H,8-9,11-12,16H2,1H3,(H,29,32). The molecule has 0 radical (unpaired) electrons. The number of hydrogen-bond donors (Lipinski definition) is 1. The Kier molecular flexibility index (Phi) is 7.09. The monoisotopic (exact) mass is 474 g/mol. The molecule has 0 bridgehead atoms. The average molecular weight is 475 g/mol.